The third-order valence-electron chi connectivity index (χ3n) is 5.63. The van der Waals surface area contributed by atoms with Crippen molar-refractivity contribution in [2.24, 2.45) is 5.92 Å². The zero-order valence-corrected chi connectivity index (χ0v) is 18.8. The molecule has 0 atom stereocenters. The molecule has 1 fully saturated rings. The Balaban J connectivity index is 1.56. The number of methoxy groups -OCH3 is 1. The fourth-order valence-electron chi connectivity index (χ4n) is 3.53. The van der Waals surface area contributed by atoms with Crippen molar-refractivity contribution < 1.29 is 27.5 Å². The van der Waals surface area contributed by atoms with Crippen molar-refractivity contribution in [2.75, 3.05) is 20.2 Å². The summed E-state index contributed by atoms with van der Waals surface area (Å²) >= 11 is 0. The molecule has 2 aromatic rings. The summed E-state index contributed by atoms with van der Waals surface area (Å²) in [5, 5.41) is 0. The van der Waals surface area contributed by atoms with Crippen molar-refractivity contribution in [2.45, 2.75) is 38.2 Å². The summed E-state index contributed by atoms with van der Waals surface area (Å²) in [6.07, 6.45) is 0.816. The minimum atomic E-state index is -3.58. The molecule has 0 unspecified atom stereocenters. The van der Waals surface area contributed by atoms with Crippen LogP contribution in [0.5, 0.6) is 0 Å². The summed E-state index contributed by atoms with van der Waals surface area (Å²) in [5.74, 6) is -1.16. The first kappa shape index (κ1) is 23.0. The molecule has 0 N–H and O–H groups in total. The van der Waals surface area contributed by atoms with E-state index in [9.17, 15) is 18.0 Å². The molecule has 0 spiro atoms. The summed E-state index contributed by atoms with van der Waals surface area (Å²) < 4.78 is 37.4. The second-order valence-electron chi connectivity index (χ2n) is 7.72. The number of ether oxygens (including phenoxy) is 2. The van der Waals surface area contributed by atoms with Gasteiger partial charge in [0, 0.05) is 13.1 Å². The molecule has 0 amide bonds. The van der Waals surface area contributed by atoms with Crippen molar-refractivity contribution in [3.8, 4) is 0 Å². The van der Waals surface area contributed by atoms with Crippen molar-refractivity contribution in [1.82, 2.24) is 4.31 Å². The van der Waals surface area contributed by atoms with Gasteiger partial charge in [0.25, 0.3) is 0 Å². The second-order valence-corrected chi connectivity index (χ2v) is 9.66. The minimum Gasteiger partial charge on any atom is -0.465 e. The van der Waals surface area contributed by atoms with Crippen LogP contribution in [0.4, 0.5) is 0 Å². The number of hydrogen-bond donors (Lipinski definition) is 0. The van der Waals surface area contributed by atoms with Crippen molar-refractivity contribution in [1.29, 1.82) is 0 Å². The van der Waals surface area contributed by atoms with Gasteiger partial charge >= 0.3 is 11.9 Å². The van der Waals surface area contributed by atoms with Crippen LogP contribution in [0.2, 0.25) is 0 Å². The Morgan fingerprint density at radius 2 is 1.74 bits per heavy atom. The SMILES string of the molecule is COC(=O)c1cccc(COC(=O)C2CCN(S(=O)(=O)c3ccc(C)c(C)c3)CC2)c1. The smallest absolute Gasteiger partial charge is 0.337 e. The van der Waals surface area contributed by atoms with Gasteiger partial charge in [-0.15, -0.1) is 0 Å². The Hall–Kier alpha value is -2.71. The van der Waals surface area contributed by atoms with Gasteiger partial charge in [0.2, 0.25) is 10.0 Å². The molecule has 1 heterocycles. The summed E-state index contributed by atoms with van der Waals surface area (Å²) in [6.45, 7) is 4.41. The molecule has 0 aliphatic carbocycles. The maximum Gasteiger partial charge on any atom is 0.337 e. The summed E-state index contributed by atoms with van der Waals surface area (Å²) in [6, 6.07) is 11.8. The van der Waals surface area contributed by atoms with Crippen LogP contribution in [0.3, 0.4) is 0 Å². The highest BCUT2D eigenvalue weighted by Gasteiger charge is 2.33. The molecule has 3 rings (SSSR count). The zero-order chi connectivity index (χ0) is 22.6. The van der Waals surface area contributed by atoms with E-state index in [4.69, 9.17) is 9.47 Å². The fourth-order valence-corrected chi connectivity index (χ4v) is 5.09. The molecule has 1 aliphatic rings. The molecule has 7 nitrogen and oxygen atoms in total. The largest absolute Gasteiger partial charge is 0.465 e. The van der Waals surface area contributed by atoms with Crippen molar-refractivity contribution in [3.05, 3.63) is 64.7 Å². The lowest BCUT2D eigenvalue weighted by molar-refractivity contribution is -0.151. The molecule has 166 valence electrons. The number of piperidine rings is 1. The Kier molecular flexibility index (Phi) is 7.12. The molecule has 2 aromatic carbocycles. The van der Waals surface area contributed by atoms with E-state index in [1.54, 1.807) is 36.4 Å². The Bertz CT molecular complexity index is 1070. The summed E-state index contributed by atoms with van der Waals surface area (Å²) in [5.41, 5.74) is 3.04. The molecule has 0 bridgehead atoms. The highest BCUT2D eigenvalue weighted by molar-refractivity contribution is 7.89. The van der Waals surface area contributed by atoms with E-state index in [1.165, 1.54) is 11.4 Å². The van der Waals surface area contributed by atoms with Crippen LogP contribution in [0.25, 0.3) is 0 Å². The number of sulfonamides is 1. The van der Waals surface area contributed by atoms with Gasteiger partial charge in [-0.3, -0.25) is 4.79 Å². The van der Waals surface area contributed by atoms with Crippen LogP contribution in [-0.2, 0) is 30.9 Å². The molecule has 1 aliphatic heterocycles. The molecule has 31 heavy (non-hydrogen) atoms. The van der Waals surface area contributed by atoms with Gasteiger partial charge in [0.1, 0.15) is 6.61 Å². The predicted octanol–water partition coefficient (Wildman–Crippen LogP) is 3.23. The van der Waals surface area contributed by atoms with Crippen LogP contribution in [0.1, 0.15) is 39.9 Å². The average Bonchev–Trinajstić information content (AvgIpc) is 2.78. The number of carbonyl (C=O) groups excluding carboxylic acids is 2. The number of rotatable bonds is 6. The summed E-state index contributed by atoms with van der Waals surface area (Å²) in [4.78, 5) is 24.4. The van der Waals surface area contributed by atoms with Crippen LogP contribution < -0.4 is 0 Å². The van der Waals surface area contributed by atoms with Gasteiger partial charge in [-0.2, -0.15) is 4.31 Å². The fraction of sp³-hybridized carbons (Fsp3) is 0.391. The van der Waals surface area contributed by atoms with Crippen LogP contribution in [0.15, 0.2) is 47.4 Å². The van der Waals surface area contributed by atoms with Crippen LogP contribution >= 0.6 is 0 Å². The number of esters is 2. The van der Waals surface area contributed by atoms with E-state index in [1.807, 2.05) is 19.9 Å². The monoisotopic (exact) mass is 445 g/mol. The Morgan fingerprint density at radius 1 is 1.03 bits per heavy atom. The normalized spacial score (nSPS) is 15.5. The maximum absolute atomic E-state index is 12.9. The third kappa shape index (κ3) is 5.32. The topological polar surface area (TPSA) is 90.0 Å². The lowest BCUT2D eigenvalue weighted by Crippen LogP contribution is -2.40. The highest BCUT2D eigenvalue weighted by atomic mass is 32.2. The second kappa shape index (κ2) is 9.62. The number of nitrogens with zero attached hydrogens (tertiary/aromatic N) is 1. The first-order valence-corrected chi connectivity index (χ1v) is 11.6. The molecule has 0 saturated carbocycles. The first-order chi connectivity index (χ1) is 14.7. The van der Waals surface area contributed by atoms with E-state index in [0.29, 0.717) is 24.0 Å². The Morgan fingerprint density at radius 3 is 2.39 bits per heavy atom. The van der Waals surface area contributed by atoms with E-state index in [2.05, 4.69) is 0 Å². The van der Waals surface area contributed by atoms with Gasteiger partial charge in [-0.1, -0.05) is 18.2 Å². The van der Waals surface area contributed by atoms with Gasteiger partial charge in [0.15, 0.2) is 0 Å². The third-order valence-corrected chi connectivity index (χ3v) is 7.53. The zero-order valence-electron chi connectivity index (χ0n) is 18.0. The molecule has 0 radical (unpaired) electrons. The molecular weight excluding hydrogens is 418 g/mol. The Labute approximate surface area is 183 Å². The number of aryl methyl sites for hydroxylation is 2. The molecule has 0 aromatic heterocycles. The van der Waals surface area contributed by atoms with Gasteiger partial charge < -0.3 is 9.47 Å². The lowest BCUT2D eigenvalue weighted by Gasteiger charge is -2.30. The van der Waals surface area contributed by atoms with E-state index < -0.39 is 16.0 Å². The van der Waals surface area contributed by atoms with Gasteiger partial charge in [-0.25, -0.2) is 13.2 Å². The van der Waals surface area contributed by atoms with Crippen molar-refractivity contribution in [3.63, 3.8) is 0 Å². The van der Waals surface area contributed by atoms with Crippen LogP contribution in [-0.4, -0.2) is 44.9 Å². The number of hydrogen-bond acceptors (Lipinski definition) is 6. The predicted molar refractivity (Wildman–Crippen MR) is 115 cm³/mol. The minimum absolute atomic E-state index is 0.0465. The van der Waals surface area contributed by atoms with E-state index in [-0.39, 0.29) is 36.5 Å². The maximum atomic E-state index is 12.9. The lowest BCUT2D eigenvalue weighted by atomic mass is 9.98. The molecule has 1 saturated heterocycles. The van der Waals surface area contributed by atoms with Crippen LogP contribution in [0, 0.1) is 19.8 Å². The van der Waals surface area contributed by atoms with Crippen molar-refractivity contribution >= 4 is 22.0 Å². The average molecular weight is 446 g/mol. The highest BCUT2D eigenvalue weighted by Crippen LogP contribution is 2.26. The van der Waals surface area contributed by atoms with Gasteiger partial charge in [0.05, 0.1) is 23.5 Å². The number of carbonyl (C=O) groups is 2. The first-order valence-electron chi connectivity index (χ1n) is 10.1. The molecule has 8 heteroatoms. The summed E-state index contributed by atoms with van der Waals surface area (Å²) in [7, 11) is -2.28. The van der Waals surface area contributed by atoms with E-state index in [0.717, 1.165) is 11.1 Å². The van der Waals surface area contributed by atoms with E-state index >= 15 is 0 Å². The van der Waals surface area contributed by atoms with Gasteiger partial charge in [-0.05, 0) is 67.6 Å². The number of benzene rings is 2. The quantitative estimate of drug-likeness (QED) is 0.634. The molecular formula is C23H27NO6S. The standard InChI is InChI=1S/C23H27NO6S/c1-16-7-8-21(13-17(16)2)31(27,28)24-11-9-19(10-12-24)23(26)30-15-18-5-4-6-20(14-18)22(25)29-3/h4-8,13-14,19H,9-12,15H2,1-3H3.